The summed E-state index contributed by atoms with van der Waals surface area (Å²) in [7, 11) is 0. The third-order valence-corrected chi connectivity index (χ3v) is 3.54. The van der Waals surface area contributed by atoms with Crippen molar-refractivity contribution in [3.05, 3.63) is 0 Å². The lowest BCUT2D eigenvalue weighted by Gasteiger charge is -2.16. The summed E-state index contributed by atoms with van der Waals surface area (Å²) in [5.74, 6) is 0.858. The highest BCUT2D eigenvalue weighted by Crippen LogP contribution is 2.26. The molecular weight excluding hydrogens is 184 g/mol. The van der Waals surface area contributed by atoms with E-state index in [9.17, 15) is 0 Å². The zero-order chi connectivity index (χ0) is 11.1. The summed E-state index contributed by atoms with van der Waals surface area (Å²) in [6.45, 7) is 6.86. The highest BCUT2D eigenvalue weighted by molar-refractivity contribution is 4.72. The van der Waals surface area contributed by atoms with E-state index >= 15 is 0 Å². The standard InChI is InChI=1S/C14H28O/c1-4-5-6-7-8-12(2)11-14-10-9-13(3)15-14/h12-14H,4-11H2,1-3H3. The molecule has 1 heterocycles. The van der Waals surface area contributed by atoms with Crippen molar-refractivity contribution in [2.75, 3.05) is 0 Å². The number of hydrogen-bond donors (Lipinski definition) is 0. The fourth-order valence-corrected chi connectivity index (χ4v) is 2.54. The monoisotopic (exact) mass is 212 g/mol. The Morgan fingerprint density at radius 2 is 2.00 bits per heavy atom. The molecule has 0 N–H and O–H groups in total. The molecule has 0 aromatic carbocycles. The maximum absolute atomic E-state index is 5.86. The molecule has 1 nitrogen and oxygen atoms in total. The van der Waals surface area contributed by atoms with E-state index in [0.717, 1.165) is 5.92 Å². The first-order valence-electron chi connectivity index (χ1n) is 6.87. The van der Waals surface area contributed by atoms with Crippen molar-refractivity contribution < 1.29 is 4.74 Å². The Labute approximate surface area is 95.6 Å². The lowest BCUT2D eigenvalue weighted by molar-refractivity contribution is 0.0414. The summed E-state index contributed by atoms with van der Waals surface area (Å²) in [4.78, 5) is 0. The zero-order valence-electron chi connectivity index (χ0n) is 10.8. The van der Waals surface area contributed by atoms with Gasteiger partial charge in [0, 0.05) is 0 Å². The second kappa shape index (κ2) is 7.27. The van der Waals surface area contributed by atoms with Crippen molar-refractivity contribution in [1.29, 1.82) is 0 Å². The van der Waals surface area contributed by atoms with Crippen LogP contribution >= 0.6 is 0 Å². The van der Waals surface area contributed by atoms with Gasteiger partial charge in [-0.2, -0.15) is 0 Å². The molecule has 15 heavy (non-hydrogen) atoms. The highest BCUT2D eigenvalue weighted by Gasteiger charge is 2.23. The molecule has 1 aliphatic heterocycles. The number of ether oxygens (including phenoxy) is 1. The van der Waals surface area contributed by atoms with Crippen LogP contribution in [0.1, 0.15) is 72.1 Å². The molecule has 0 saturated carbocycles. The van der Waals surface area contributed by atoms with Gasteiger partial charge in [-0.05, 0) is 32.1 Å². The van der Waals surface area contributed by atoms with Gasteiger partial charge in [0.1, 0.15) is 0 Å². The maximum Gasteiger partial charge on any atom is 0.0582 e. The van der Waals surface area contributed by atoms with Gasteiger partial charge in [-0.15, -0.1) is 0 Å². The minimum atomic E-state index is 0.516. The smallest absolute Gasteiger partial charge is 0.0582 e. The van der Waals surface area contributed by atoms with Crippen molar-refractivity contribution in [3.8, 4) is 0 Å². The third kappa shape index (κ3) is 5.55. The Bertz CT molecular complexity index is 155. The van der Waals surface area contributed by atoms with Crippen LogP contribution in [0.2, 0.25) is 0 Å². The Morgan fingerprint density at radius 3 is 2.60 bits per heavy atom. The molecule has 0 spiro atoms. The zero-order valence-corrected chi connectivity index (χ0v) is 10.8. The molecule has 1 heteroatoms. The predicted molar refractivity (Wildman–Crippen MR) is 66.1 cm³/mol. The average molecular weight is 212 g/mol. The molecule has 3 unspecified atom stereocenters. The van der Waals surface area contributed by atoms with Crippen LogP contribution in [-0.4, -0.2) is 12.2 Å². The van der Waals surface area contributed by atoms with Crippen LogP contribution in [0.15, 0.2) is 0 Å². The molecule has 90 valence electrons. The second-order valence-corrected chi connectivity index (χ2v) is 5.34. The first kappa shape index (κ1) is 13.0. The lowest BCUT2D eigenvalue weighted by Crippen LogP contribution is -2.12. The van der Waals surface area contributed by atoms with E-state index in [-0.39, 0.29) is 0 Å². The third-order valence-electron chi connectivity index (χ3n) is 3.54. The molecular formula is C14H28O. The van der Waals surface area contributed by atoms with Crippen LogP contribution in [0.5, 0.6) is 0 Å². The number of hydrogen-bond acceptors (Lipinski definition) is 1. The molecule has 0 aromatic heterocycles. The lowest BCUT2D eigenvalue weighted by atomic mass is 9.95. The summed E-state index contributed by atoms with van der Waals surface area (Å²) < 4.78 is 5.86. The van der Waals surface area contributed by atoms with E-state index in [1.165, 1.54) is 51.4 Å². The Morgan fingerprint density at radius 1 is 1.20 bits per heavy atom. The Balaban J connectivity index is 2.00. The van der Waals surface area contributed by atoms with Gasteiger partial charge >= 0.3 is 0 Å². The Kier molecular flexibility index (Phi) is 6.31. The maximum atomic E-state index is 5.86. The van der Waals surface area contributed by atoms with Crippen LogP contribution in [0.3, 0.4) is 0 Å². The van der Waals surface area contributed by atoms with Crippen molar-refractivity contribution in [2.24, 2.45) is 5.92 Å². The van der Waals surface area contributed by atoms with Gasteiger partial charge in [0.25, 0.3) is 0 Å². The molecule has 0 amide bonds. The molecule has 1 saturated heterocycles. The van der Waals surface area contributed by atoms with E-state index in [2.05, 4.69) is 20.8 Å². The van der Waals surface area contributed by atoms with Gasteiger partial charge in [0.05, 0.1) is 12.2 Å². The predicted octanol–water partition coefficient (Wildman–Crippen LogP) is 4.55. The molecule has 0 aromatic rings. The minimum Gasteiger partial charge on any atom is -0.375 e. The van der Waals surface area contributed by atoms with E-state index in [1.54, 1.807) is 0 Å². The van der Waals surface area contributed by atoms with Crippen molar-refractivity contribution in [3.63, 3.8) is 0 Å². The fourth-order valence-electron chi connectivity index (χ4n) is 2.54. The minimum absolute atomic E-state index is 0.516. The molecule has 0 bridgehead atoms. The van der Waals surface area contributed by atoms with Crippen molar-refractivity contribution in [1.82, 2.24) is 0 Å². The second-order valence-electron chi connectivity index (χ2n) is 5.34. The molecule has 1 aliphatic rings. The number of rotatable bonds is 7. The van der Waals surface area contributed by atoms with Gasteiger partial charge in [-0.25, -0.2) is 0 Å². The van der Waals surface area contributed by atoms with E-state index in [4.69, 9.17) is 4.74 Å². The quantitative estimate of drug-likeness (QED) is 0.562. The normalized spacial score (nSPS) is 28.2. The molecule has 3 atom stereocenters. The first-order valence-corrected chi connectivity index (χ1v) is 6.87. The van der Waals surface area contributed by atoms with Gasteiger partial charge in [-0.3, -0.25) is 0 Å². The van der Waals surface area contributed by atoms with Crippen LogP contribution < -0.4 is 0 Å². The molecule has 0 radical (unpaired) electrons. The van der Waals surface area contributed by atoms with Gasteiger partial charge in [0.15, 0.2) is 0 Å². The van der Waals surface area contributed by atoms with Crippen LogP contribution in [0, 0.1) is 5.92 Å². The molecule has 1 rings (SSSR count). The summed E-state index contributed by atoms with van der Waals surface area (Å²) in [5, 5.41) is 0. The average Bonchev–Trinajstić information content (AvgIpc) is 2.59. The first-order chi connectivity index (χ1) is 7.22. The van der Waals surface area contributed by atoms with Crippen LogP contribution in [0.4, 0.5) is 0 Å². The van der Waals surface area contributed by atoms with Crippen LogP contribution in [0.25, 0.3) is 0 Å². The van der Waals surface area contributed by atoms with E-state index in [0.29, 0.717) is 12.2 Å². The van der Waals surface area contributed by atoms with Crippen molar-refractivity contribution in [2.45, 2.75) is 84.3 Å². The SMILES string of the molecule is CCCCCCC(C)CC1CCC(C)O1. The summed E-state index contributed by atoms with van der Waals surface area (Å²) in [6.07, 6.45) is 11.9. The van der Waals surface area contributed by atoms with Gasteiger partial charge in [-0.1, -0.05) is 46.0 Å². The summed E-state index contributed by atoms with van der Waals surface area (Å²) in [6, 6.07) is 0. The molecule has 1 fully saturated rings. The van der Waals surface area contributed by atoms with E-state index < -0.39 is 0 Å². The number of unbranched alkanes of at least 4 members (excludes halogenated alkanes) is 3. The molecule has 0 aliphatic carbocycles. The van der Waals surface area contributed by atoms with Gasteiger partial charge < -0.3 is 4.74 Å². The van der Waals surface area contributed by atoms with E-state index in [1.807, 2.05) is 0 Å². The Hall–Kier alpha value is -0.0400. The summed E-state index contributed by atoms with van der Waals surface area (Å²) in [5.41, 5.74) is 0. The highest BCUT2D eigenvalue weighted by atomic mass is 16.5. The topological polar surface area (TPSA) is 9.23 Å². The van der Waals surface area contributed by atoms with Gasteiger partial charge in [0.2, 0.25) is 0 Å². The summed E-state index contributed by atoms with van der Waals surface area (Å²) >= 11 is 0. The fraction of sp³-hybridized carbons (Fsp3) is 1.00. The van der Waals surface area contributed by atoms with Crippen molar-refractivity contribution >= 4 is 0 Å². The largest absolute Gasteiger partial charge is 0.375 e. The van der Waals surface area contributed by atoms with Crippen LogP contribution in [-0.2, 0) is 4.74 Å².